The fourth-order valence-electron chi connectivity index (χ4n) is 2.45. The first-order chi connectivity index (χ1) is 9.70. The van der Waals surface area contributed by atoms with E-state index in [1.54, 1.807) is 12.1 Å². The van der Waals surface area contributed by atoms with Crippen LogP contribution < -0.4 is 0 Å². The number of fused-ring (bicyclic) bond motifs is 1. The second-order valence-electron chi connectivity index (χ2n) is 4.67. The van der Waals surface area contributed by atoms with E-state index in [2.05, 4.69) is 0 Å². The number of para-hydroxylation sites is 1. The summed E-state index contributed by atoms with van der Waals surface area (Å²) >= 11 is 5.81. The first-order valence-corrected chi connectivity index (χ1v) is 6.69. The van der Waals surface area contributed by atoms with Crippen LogP contribution in [0.4, 0.5) is 4.39 Å². The van der Waals surface area contributed by atoms with Crippen molar-refractivity contribution in [2.24, 2.45) is 0 Å². The molecule has 1 heterocycles. The smallest absolute Gasteiger partial charge is 0.146 e. The zero-order valence-corrected chi connectivity index (χ0v) is 11.4. The van der Waals surface area contributed by atoms with Crippen LogP contribution in [-0.2, 0) is 13.2 Å². The standard InChI is InChI=1S/C16H13ClFNO/c17-14-6-2-4-12(15(14)18)9-19-8-7-11-3-1-5-13(10-20)16(11)19/h1-8,20H,9-10H2. The van der Waals surface area contributed by atoms with Crippen LogP contribution >= 0.6 is 11.6 Å². The molecule has 0 aliphatic rings. The molecule has 0 spiro atoms. The molecule has 0 saturated carbocycles. The van der Waals surface area contributed by atoms with Gasteiger partial charge in [0.15, 0.2) is 0 Å². The van der Waals surface area contributed by atoms with E-state index in [9.17, 15) is 9.50 Å². The Bertz CT molecular complexity index is 766. The van der Waals surface area contributed by atoms with Crippen molar-refractivity contribution in [1.82, 2.24) is 4.57 Å². The first kappa shape index (κ1) is 13.2. The van der Waals surface area contributed by atoms with Gasteiger partial charge in [-0.25, -0.2) is 4.39 Å². The topological polar surface area (TPSA) is 25.2 Å². The Hall–Kier alpha value is -1.84. The normalized spacial score (nSPS) is 11.2. The van der Waals surface area contributed by atoms with Gasteiger partial charge < -0.3 is 9.67 Å². The molecule has 0 amide bonds. The van der Waals surface area contributed by atoms with Crippen LogP contribution in [0.1, 0.15) is 11.1 Å². The van der Waals surface area contributed by atoms with Gasteiger partial charge in [0.05, 0.1) is 23.7 Å². The van der Waals surface area contributed by atoms with Crippen LogP contribution in [0.15, 0.2) is 48.7 Å². The lowest BCUT2D eigenvalue weighted by Crippen LogP contribution is -2.02. The number of nitrogens with zero attached hydrogens (tertiary/aromatic N) is 1. The molecular formula is C16H13ClFNO. The van der Waals surface area contributed by atoms with Crippen molar-refractivity contribution in [2.45, 2.75) is 13.2 Å². The minimum absolute atomic E-state index is 0.0423. The van der Waals surface area contributed by atoms with Gasteiger partial charge in [-0.3, -0.25) is 0 Å². The summed E-state index contributed by atoms with van der Waals surface area (Å²) in [5.41, 5.74) is 2.28. The molecule has 20 heavy (non-hydrogen) atoms. The molecule has 0 aliphatic carbocycles. The van der Waals surface area contributed by atoms with Gasteiger partial charge >= 0.3 is 0 Å². The largest absolute Gasteiger partial charge is 0.392 e. The molecular weight excluding hydrogens is 277 g/mol. The lowest BCUT2D eigenvalue weighted by Gasteiger charge is -2.10. The maximum Gasteiger partial charge on any atom is 0.146 e. The highest BCUT2D eigenvalue weighted by Gasteiger charge is 2.10. The Kier molecular flexibility index (Phi) is 3.47. The van der Waals surface area contributed by atoms with Crippen molar-refractivity contribution in [3.8, 4) is 0 Å². The molecule has 1 N–H and O–H groups in total. The number of aromatic nitrogens is 1. The quantitative estimate of drug-likeness (QED) is 0.775. The molecule has 0 unspecified atom stereocenters. The summed E-state index contributed by atoms with van der Waals surface area (Å²) in [7, 11) is 0. The molecule has 102 valence electrons. The zero-order chi connectivity index (χ0) is 14.1. The van der Waals surface area contributed by atoms with Crippen LogP contribution in [0.5, 0.6) is 0 Å². The van der Waals surface area contributed by atoms with Gasteiger partial charge in [-0.1, -0.05) is 41.9 Å². The summed E-state index contributed by atoms with van der Waals surface area (Å²) in [5.74, 6) is -0.391. The molecule has 3 aromatic rings. The van der Waals surface area contributed by atoms with Gasteiger partial charge in [-0.2, -0.15) is 0 Å². The van der Waals surface area contributed by atoms with E-state index in [0.29, 0.717) is 12.1 Å². The number of rotatable bonds is 3. The molecule has 4 heteroatoms. The van der Waals surface area contributed by atoms with Crippen LogP contribution in [0.25, 0.3) is 10.9 Å². The third kappa shape index (κ3) is 2.19. The van der Waals surface area contributed by atoms with E-state index in [1.807, 2.05) is 35.0 Å². The predicted molar refractivity (Wildman–Crippen MR) is 78.4 cm³/mol. The molecule has 3 rings (SSSR count). The summed E-state index contributed by atoms with van der Waals surface area (Å²) in [6.45, 7) is 0.340. The number of benzene rings is 2. The second kappa shape index (κ2) is 5.27. The highest BCUT2D eigenvalue weighted by atomic mass is 35.5. The minimum atomic E-state index is -0.391. The van der Waals surface area contributed by atoms with E-state index in [-0.39, 0.29) is 11.6 Å². The monoisotopic (exact) mass is 289 g/mol. The average molecular weight is 290 g/mol. The number of aliphatic hydroxyl groups excluding tert-OH is 1. The Labute approximate surface area is 121 Å². The van der Waals surface area contributed by atoms with E-state index >= 15 is 0 Å². The van der Waals surface area contributed by atoms with Crippen LogP contribution in [0.3, 0.4) is 0 Å². The van der Waals surface area contributed by atoms with Gasteiger partial charge in [-0.15, -0.1) is 0 Å². The molecule has 0 bridgehead atoms. The fourth-order valence-corrected chi connectivity index (χ4v) is 2.65. The first-order valence-electron chi connectivity index (χ1n) is 6.31. The Morgan fingerprint density at radius 2 is 1.80 bits per heavy atom. The average Bonchev–Trinajstić information content (AvgIpc) is 2.87. The summed E-state index contributed by atoms with van der Waals surface area (Å²) < 4.78 is 15.9. The maximum absolute atomic E-state index is 14.0. The summed E-state index contributed by atoms with van der Waals surface area (Å²) in [4.78, 5) is 0. The molecule has 0 saturated heterocycles. The van der Waals surface area contributed by atoms with Crippen molar-refractivity contribution >= 4 is 22.5 Å². The van der Waals surface area contributed by atoms with Crippen LogP contribution in [-0.4, -0.2) is 9.67 Å². The van der Waals surface area contributed by atoms with Gasteiger partial charge in [0.1, 0.15) is 5.82 Å². The van der Waals surface area contributed by atoms with Gasteiger partial charge in [0.25, 0.3) is 0 Å². The van der Waals surface area contributed by atoms with Crippen molar-refractivity contribution in [1.29, 1.82) is 0 Å². The van der Waals surface area contributed by atoms with Crippen molar-refractivity contribution in [3.05, 3.63) is 70.6 Å². The second-order valence-corrected chi connectivity index (χ2v) is 5.08. The molecule has 0 aliphatic heterocycles. The minimum Gasteiger partial charge on any atom is -0.392 e. The fraction of sp³-hybridized carbons (Fsp3) is 0.125. The zero-order valence-electron chi connectivity index (χ0n) is 10.7. The number of halogens is 2. The van der Waals surface area contributed by atoms with Crippen LogP contribution in [0.2, 0.25) is 5.02 Å². The molecule has 2 aromatic carbocycles. The van der Waals surface area contributed by atoms with Crippen molar-refractivity contribution < 1.29 is 9.50 Å². The molecule has 2 nitrogen and oxygen atoms in total. The summed E-state index contributed by atoms with van der Waals surface area (Å²) in [5, 5.41) is 10.6. The number of hydrogen-bond acceptors (Lipinski definition) is 1. The molecule has 0 radical (unpaired) electrons. The predicted octanol–water partition coefficient (Wildman–Crippen LogP) is 3.97. The Balaban J connectivity index is 2.09. The Morgan fingerprint density at radius 3 is 2.60 bits per heavy atom. The molecule has 0 fully saturated rings. The lowest BCUT2D eigenvalue weighted by molar-refractivity contribution is 0.283. The highest BCUT2D eigenvalue weighted by molar-refractivity contribution is 6.30. The van der Waals surface area contributed by atoms with Gasteiger partial charge in [0.2, 0.25) is 0 Å². The van der Waals surface area contributed by atoms with E-state index in [1.165, 1.54) is 6.07 Å². The SMILES string of the molecule is OCc1cccc2ccn(Cc3cccc(Cl)c3F)c12. The molecule has 0 atom stereocenters. The van der Waals surface area contributed by atoms with Crippen molar-refractivity contribution in [2.75, 3.05) is 0 Å². The van der Waals surface area contributed by atoms with Gasteiger partial charge in [0, 0.05) is 17.3 Å². The maximum atomic E-state index is 14.0. The van der Waals surface area contributed by atoms with E-state index < -0.39 is 5.82 Å². The Morgan fingerprint density at radius 1 is 1.05 bits per heavy atom. The third-order valence-corrected chi connectivity index (χ3v) is 3.71. The highest BCUT2D eigenvalue weighted by Crippen LogP contribution is 2.24. The third-order valence-electron chi connectivity index (χ3n) is 3.41. The summed E-state index contributed by atoms with van der Waals surface area (Å²) in [6.07, 6.45) is 1.89. The lowest BCUT2D eigenvalue weighted by atomic mass is 10.1. The van der Waals surface area contributed by atoms with E-state index in [4.69, 9.17) is 11.6 Å². The number of hydrogen-bond donors (Lipinski definition) is 1. The van der Waals surface area contributed by atoms with E-state index in [0.717, 1.165) is 16.5 Å². The molecule has 1 aromatic heterocycles. The van der Waals surface area contributed by atoms with Crippen LogP contribution in [0, 0.1) is 5.82 Å². The number of aliphatic hydroxyl groups is 1. The van der Waals surface area contributed by atoms with Gasteiger partial charge in [-0.05, 0) is 17.5 Å². The van der Waals surface area contributed by atoms with Crippen molar-refractivity contribution in [3.63, 3.8) is 0 Å². The summed E-state index contributed by atoms with van der Waals surface area (Å²) in [6, 6.07) is 12.7.